The van der Waals surface area contributed by atoms with Gasteiger partial charge in [0.1, 0.15) is 5.82 Å². The summed E-state index contributed by atoms with van der Waals surface area (Å²) < 4.78 is 0. The van der Waals surface area contributed by atoms with E-state index in [9.17, 15) is 9.90 Å². The van der Waals surface area contributed by atoms with E-state index < -0.39 is 5.97 Å². The van der Waals surface area contributed by atoms with Crippen LogP contribution in [0.3, 0.4) is 0 Å². The molecule has 4 N–H and O–H groups in total. The van der Waals surface area contributed by atoms with Crippen molar-refractivity contribution in [2.24, 2.45) is 11.7 Å². The first kappa shape index (κ1) is 19.8. The Hall–Kier alpha value is -3.19. The number of carbonyl (C=O) groups is 1. The maximum absolute atomic E-state index is 12.2. The van der Waals surface area contributed by atoms with Crippen molar-refractivity contribution in [3.8, 4) is 22.5 Å². The predicted octanol–water partition coefficient (Wildman–Crippen LogP) is 3.80. The Kier molecular flexibility index (Phi) is 4.78. The largest absolute Gasteiger partial charge is 0.478 e. The molecule has 160 valence electrons. The number of pyridine rings is 2. The molecule has 2 aliphatic carbocycles. The third-order valence-corrected chi connectivity index (χ3v) is 6.74. The van der Waals surface area contributed by atoms with Gasteiger partial charge in [-0.2, -0.15) is 0 Å². The lowest BCUT2D eigenvalue weighted by Crippen LogP contribution is -2.28. The summed E-state index contributed by atoms with van der Waals surface area (Å²) in [6.45, 7) is 0. The van der Waals surface area contributed by atoms with E-state index in [4.69, 9.17) is 5.73 Å². The number of hydrogen-bond acceptors (Lipinski definition) is 5. The van der Waals surface area contributed by atoms with E-state index in [2.05, 4.69) is 15.0 Å². The summed E-state index contributed by atoms with van der Waals surface area (Å²) in [6, 6.07) is 5.75. The van der Waals surface area contributed by atoms with Gasteiger partial charge in [-0.15, -0.1) is 0 Å². The maximum atomic E-state index is 12.2. The second kappa shape index (κ2) is 7.50. The van der Waals surface area contributed by atoms with Gasteiger partial charge in [-0.3, -0.25) is 4.98 Å². The van der Waals surface area contributed by atoms with Crippen LogP contribution in [0.25, 0.3) is 22.5 Å². The monoisotopic (exact) mass is 417 g/mol. The number of aryl methyl sites for hydroxylation is 1. The molecule has 0 bridgehead atoms. The summed E-state index contributed by atoms with van der Waals surface area (Å²) in [5.74, 6) is 0.338. The van der Waals surface area contributed by atoms with Crippen LogP contribution in [0.15, 0.2) is 30.6 Å². The Morgan fingerprint density at radius 3 is 2.65 bits per heavy atom. The highest BCUT2D eigenvalue weighted by molar-refractivity contribution is 5.95. The first-order valence-electron chi connectivity index (χ1n) is 10.8. The zero-order valence-electron chi connectivity index (χ0n) is 17.9. The summed E-state index contributed by atoms with van der Waals surface area (Å²) in [7, 11) is 3.91. The Bertz CT molecular complexity index is 1150. The van der Waals surface area contributed by atoms with Gasteiger partial charge in [-0.25, -0.2) is 9.78 Å². The first-order valence-corrected chi connectivity index (χ1v) is 10.8. The van der Waals surface area contributed by atoms with Crippen molar-refractivity contribution in [1.82, 2.24) is 15.0 Å². The summed E-state index contributed by atoms with van der Waals surface area (Å²) in [5, 5.41) is 9.98. The van der Waals surface area contributed by atoms with Gasteiger partial charge in [0, 0.05) is 49.4 Å². The lowest BCUT2D eigenvalue weighted by Gasteiger charge is -2.31. The van der Waals surface area contributed by atoms with Crippen LogP contribution in [0.1, 0.15) is 52.5 Å². The summed E-state index contributed by atoms with van der Waals surface area (Å²) in [6.07, 6.45) is 8.46. The van der Waals surface area contributed by atoms with Crippen LogP contribution in [0.4, 0.5) is 5.82 Å². The zero-order valence-corrected chi connectivity index (χ0v) is 17.9. The quantitative estimate of drug-likeness (QED) is 0.583. The molecule has 1 unspecified atom stereocenters. The van der Waals surface area contributed by atoms with Crippen LogP contribution in [0.2, 0.25) is 0 Å². The van der Waals surface area contributed by atoms with Crippen molar-refractivity contribution in [3.63, 3.8) is 0 Å². The minimum Gasteiger partial charge on any atom is -0.478 e. The minimum absolute atomic E-state index is 0.266. The average Bonchev–Trinajstić information content (AvgIpc) is 3.12. The van der Waals surface area contributed by atoms with E-state index in [1.807, 2.05) is 49.6 Å². The van der Waals surface area contributed by atoms with E-state index in [0.717, 1.165) is 58.7 Å². The fraction of sp³-hybridized carbons (Fsp3) is 0.375. The number of nitrogens with one attached hydrogen (secondary N) is 1. The Morgan fingerprint density at radius 1 is 1.23 bits per heavy atom. The van der Waals surface area contributed by atoms with Crippen LogP contribution >= 0.6 is 0 Å². The van der Waals surface area contributed by atoms with Gasteiger partial charge in [-0.1, -0.05) is 6.42 Å². The molecule has 5 rings (SSSR count). The molecule has 0 radical (unpaired) electrons. The number of carboxylic acids is 1. The highest BCUT2D eigenvalue weighted by atomic mass is 16.4. The lowest BCUT2D eigenvalue weighted by atomic mass is 9.78. The number of aromatic amines is 1. The fourth-order valence-corrected chi connectivity index (χ4v) is 4.70. The van der Waals surface area contributed by atoms with Crippen molar-refractivity contribution in [1.29, 1.82) is 0 Å². The van der Waals surface area contributed by atoms with Crippen molar-refractivity contribution >= 4 is 11.8 Å². The number of nitrogens with two attached hydrogens (primary N) is 1. The molecule has 2 aliphatic rings. The summed E-state index contributed by atoms with van der Waals surface area (Å²) in [5.41, 5.74) is 13.2. The number of anilines is 1. The Balaban J connectivity index is 1.59. The number of aromatic carboxylic acids is 1. The van der Waals surface area contributed by atoms with Crippen LogP contribution in [-0.4, -0.2) is 40.1 Å². The van der Waals surface area contributed by atoms with E-state index in [0.29, 0.717) is 23.6 Å². The third kappa shape index (κ3) is 3.29. The zero-order chi connectivity index (χ0) is 21.7. The molecular formula is C24H27N5O2. The van der Waals surface area contributed by atoms with Crippen LogP contribution in [0, 0.1) is 5.92 Å². The Morgan fingerprint density at radius 2 is 2.03 bits per heavy atom. The molecule has 7 nitrogen and oxygen atoms in total. The molecule has 1 atom stereocenters. The number of fused-ring (bicyclic) bond motifs is 3. The van der Waals surface area contributed by atoms with Crippen molar-refractivity contribution in [2.75, 3.05) is 19.0 Å². The van der Waals surface area contributed by atoms with E-state index in [-0.39, 0.29) is 6.04 Å². The molecule has 0 saturated heterocycles. The van der Waals surface area contributed by atoms with Gasteiger partial charge in [-0.05, 0) is 60.9 Å². The van der Waals surface area contributed by atoms with E-state index in [1.54, 1.807) is 0 Å². The van der Waals surface area contributed by atoms with E-state index in [1.165, 1.54) is 6.42 Å². The topological polar surface area (TPSA) is 108 Å². The number of aromatic nitrogens is 3. The average molecular weight is 418 g/mol. The minimum atomic E-state index is -0.900. The smallest absolute Gasteiger partial charge is 0.337 e. The van der Waals surface area contributed by atoms with Crippen molar-refractivity contribution in [3.05, 3.63) is 53.0 Å². The van der Waals surface area contributed by atoms with Gasteiger partial charge < -0.3 is 20.7 Å². The van der Waals surface area contributed by atoms with E-state index >= 15 is 0 Å². The van der Waals surface area contributed by atoms with Gasteiger partial charge in [0.15, 0.2) is 0 Å². The van der Waals surface area contributed by atoms with Crippen molar-refractivity contribution in [2.45, 2.75) is 38.1 Å². The number of nitrogens with zero attached hydrogens (tertiary/aromatic N) is 3. The second-order valence-corrected chi connectivity index (χ2v) is 8.82. The van der Waals surface area contributed by atoms with Gasteiger partial charge in [0.25, 0.3) is 0 Å². The second-order valence-electron chi connectivity index (χ2n) is 8.82. The normalized spacial score (nSPS) is 16.2. The molecule has 31 heavy (non-hydrogen) atoms. The molecule has 3 aromatic rings. The standard InChI is InChI=1S/C24H27N5O2/c1-29(2)19-9-7-15(12-27-19)18-10-17-14(11-26-18)6-8-16-20(24(30)31)23(28-22(16)17)21(25)13-4-3-5-13/h7,9-13,21,28H,3-6,8,25H2,1-2H3,(H,30,31). The lowest BCUT2D eigenvalue weighted by molar-refractivity contribution is 0.0693. The molecule has 1 fully saturated rings. The summed E-state index contributed by atoms with van der Waals surface area (Å²) >= 11 is 0. The molecule has 1 saturated carbocycles. The Labute approximate surface area is 181 Å². The van der Waals surface area contributed by atoms with Gasteiger partial charge in [0.05, 0.1) is 17.0 Å². The molecule has 3 aromatic heterocycles. The maximum Gasteiger partial charge on any atom is 0.337 e. The third-order valence-electron chi connectivity index (χ3n) is 6.74. The van der Waals surface area contributed by atoms with Crippen LogP contribution in [-0.2, 0) is 12.8 Å². The fourth-order valence-electron chi connectivity index (χ4n) is 4.70. The number of H-pyrrole nitrogens is 1. The molecule has 7 heteroatoms. The molecule has 0 aromatic carbocycles. The van der Waals surface area contributed by atoms with Crippen molar-refractivity contribution < 1.29 is 9.90 Å². The number of hydrogen-bond donors (Lipinski definition) is 3. The summed E-state index contributed by atoms with van der Waals surface area (Å²) in [4.78, 5) is 26.7. The number of carboxylic acid groups (broad SMARTS) is 1. The molecular weight excluding hydrogens is 390 g/mol. The highest BCUT2D eigenvalue weighted by Gasteiger charge is 2.34. The highest BCUT2D eigenvalue weighted by Crippen LogP contribution is 2.42. The number of rotatable bonds is 5. The van der Waals surface area contributed by atoms with Gasteiger partial charge >= 0.3 is 5.97 Å². The molecule has 0 spiro atoms. The van der Waals surface area contributed by atoms with Crippen LogP contribution < -0.4 is 10.6 Å². The first-order chi connectivity index (χ1) is 14.9. The van der Waals surface area contributed by atoms with Gasteiger partial charge in [0.2, 0.25) is 0 Å². The predicted molar refractivity (Wildman–Crippen MR) is 120 cm³/mol. The molecule has 0 amide bonds. The molecule has 3 heterocycles. The SMILES string of the molecule is CN(C)c1ccc(-c2cc3c(cn2)CCc2c-3[nH]c(C(N)C3CCC3)c2C(=O)O)cn1. The van der Waals surface area contributed by atoms with Crippen LogP contribution in [0.5, 0.6) is 0 Å². The molecule has 0 aliphatic heterocycles.